The van der Waals surface area contributed by atoms with Crippen LogP contribution in [0.25, 0.3) is 11.0 Å². The van der Waals surface area contributed by atoms with Gasteiger partial charge in [0.15, 0.2) is 5.43 Å². The van der Waals surface area contributed by atoms with Gasteiger partial charge in [-0.2, -0.15) is 5.26 Å². The molecule has 1 atom stereocenters. The van der Waals surface area contributed by atoms with Gasteiger partial charge >= 0.3 is 0 Å². The van der Waals surface area contributed by atoms with Crippen LogP contribution < -0.4 is 16.5 Å². The lowest BCUT2D eigenvalue weighted by Gasteiger charge is -2.24. The van der Waals surface area contributed by atoms with Crippen LogP contribution in [-0.2, 0) is 6.42 Å². The summed E-state index contributed by atoms with van der Waals surface area (Å²) in [6, 6.07) is 13.0. The van der Waals surface area contributed by atoms with Crippen LogP contribution in [-0.4, -0.2) is 13.1 Å². The van der Waals surface area contributed by atoms with Crippen molar-refractivity contribution in [1.82, 2.24) is 5.32 Å². The normalized spacial score (nSPS) is 12.3. The molecule has 6 heteroatoms. The minimum Gasteiger partial charge on any atom is -0.459 e. The molecule has 0 aliphatic carbocycles. The Kier molecular flexibility index (Phi) is 6.99. The lowest BCUT2D eigenvalue weighted by atomic mass is 9.93. The number of nitrogens with one attached hydrogen (secondary N) is 1. The van der Waals surface area contributed by atoms with E-state index >= 15 is 0 Å². The summed E-state index contributed by atoms with van der Waals surface area (Å²) in [6.45, 7) is 5.30. The van der Waals surface area contributed by atoms with E-state index in [1.54, 1.807) is 18.2 Å². The number of halogens is 1. The van der Waals surface area contributed by atoms with Crippen molar-refractivity contribution in [3.63, 3.8) is 0 Å². The van der Waals surface area contributed by atoms with E-state index in [-0.39, 0.29) is 23.0 Å². The number of nitriles is 1. The number of rotatable bonds is 8. The maximum atomic E-state index is 13.8. The second-order valence-electron chi connectivity index (χ2n) is 7.72. The molecule has 3 N–H and O–H groups in total. The van der Waals surface area contributed by atoms with Crippen LogP contribution >= 0.6 is 0 Å². The first-order chi connectivity index (χ1) is 14.4. The monoisotopic (exact) mass is 407 g/mol. The molecule has 3 aromatic rings. The van der Waals surface area contributed by atoms with Crippen LogP contribution in [0.4, 0.5) is 4.39 Å². The standard InChI is InChI=1S/C24H26FN3O2/c1-15(2)22(28-10-4-9-26)24-20(12-16-5-3-6-17(11-16)14-27)23(29)19-8-7-18(25)13-21(19)30-24/h3,5-8,11,13,15,22,28H,4,9-10,12,26H2,1-2H3. The second-order valence-corrected chi connectivity index (χ2v) is 7.72. The van der Waals surface area contributed by atoms with Crippen molar-refractivity contribution in [2.75, 3.05) is 13.1 Å². The Morgan fingerprint density at radius 3 is 2.73 bits per heavy atom. The predicted molar refractivity (Wildman–Crippen MR) is 116 cm³/mol. The molecule has 5 nitrogen and oxygen atoms in total. The molecule has 0 bridgehead atoms. The van der Waals surface area contributed by atoms with Crippen molar-refractivity contribution in [2.45, 2.75) is 32.7 Å². The molecule has 3 rings (SSSR count). The van der Waals surface area contributed by atoms with E-state index in [1.165, 1.54) is 18.2 Å². The van der Waals surface area contributed by atoms with Crippen molar-refractivity contribution < 1.29 is 8.81 Å². The lowest BCUT2D eigenvalue weighted by molar-refractivity contribution is 0.341. The molecule has 156 valence electrons. The highest BCUT2D eigenvalue weighted by molar-refractivity contribution is 5.77. The van der Waals surface area contributed by atoms with Crippen LogP contribution in [0.15, 0.2) is 51.7 Å². The summed E-state index contributed by atoms with van der Waals surface area (Å²) < 4.78 is 20.0. The van der Waals surface area contributed by atoms with Gasteiger partial charge in [0.05, 0.1) is 23.1 Å². The minimum atomic E-state index is -0.455. The Hall–Kier alpha value is -3.01. The summed E-state index contributed by atoms with van der Waals surface area (Å²) in [5, 5.41) is 13.0. The predicted octanol–water partition coefficient (Wildman–Crippen LogP) is 4.03. The van der Waals surface area contributed by atoms with E-state index < -0.39 is 5.82 Å². The molecular weight excluding hydrogens is 381 g/mol. The third-order valence-electron chi connectivity index (χ3n) is 5.11. The molecule has 30 heavy (non-hydrogen) atoms. The summed E-state index contributed by atoms with van der Waals surface area (Å²) >= 11 is 0. The fraction of sp³-hybridized carbons (Fsp3) is 0.333. The molecule has 1 unspecified atom stereocenters. The summed E-state index contributed by atoms with van der Waals surface area (Å²) in [5.74, 6) is 0.178. The van der Waals surface area contributed by atoms with Crippen molar-refractivity contribution in [1.29, 1.82) is 5.26 Å². The molecule has 2 aromatic carbocycles. The number of fused-ring (bicyclic) bond motifs is 1. The molecule has 0 spiro atoms. The number of benzene rings is 2. The van der Waals surface area contributed by atoms with Crippen molar-refractivity contribution in [3.8, 4) is 6.07 Å². The molecule has 0 radical (unpaired) electrons. The van der Waals surface area contributed by atoms with E-state index in [4.69, 9.17) is 10.2 Å². The van der Waals surface area contributed by atoms with Gasteiger partial charge in [-0.05, 0) is 55.3 Å². The quantitative estimate of drug-likeness (QED) is 0.550. The molecule has 1 aromatic heterocycles. The fourth-order valence-corrected chi connectivity index (χ4v) is 3.59. The molecular formula is C24H26FN3O2. The van der Waals surface area contributed by atoms with Crippen LogP contribution in [0.5, 0.6) is 0 Å². The highest BCUT2D eigenvalue weighted by Gasteiger charge is 2.25. The Bertz CT molecular complexity index is 1130. The summed E-state index contributed by atoms with van der Waals surface area (Å²) in [4.78, 5) is 13.4. The SMILES string of the molecule is CC(C)C(NCCCN)c1oc2cc(F)ccc2c(=O)c1Cc1cccc(C#N)c1. The Morgan fingerprint density at radius 2 is 2.03 bits per heavy atom. The van der Waals surface area contributed by atoms with Crippen LogP contribution in [0, 0.1) is 23.1 Å². The highest BCUT2D eigenvalue weighted by atomic mass is 19.1. The Morgan fingerprint density at radius 1 is 1.23 bits per heavy atom. The molecule has 1 heterocycles. The Balaban J connectivity index is 2.17. The van der Waals surface area contributed by atoms with Gasteiger partial charge in [-0.3, -0.25) is 4.79 Å². The van der Waals surface area contributed by atoms with Crippen molar-refractivity contribution in [3.05, 3.63) is 81.0 Å². The summed E-state index contributed by atoms with van der Waals surface area (Å²) in [7, 11) is 0. The van der Waals surface area contributed by atoms with E-state index in [9.17, 15) is 14.4 Å². The zero-order valence-corrected chi connectivity index (χ0v) is 17.2. The van der Waals surface area contributed by atoms with Gasteiger partial charge in [-0.25, -0.2) is 4.39 Å². The summed E-state index contributed by atoms with van der Waals surface area (Å²) in [6.07, 6.45) is 1.11. The van der Waals surface area contributed by atoms with Crippen molar-refractivity contribution >= 4 is 11.0 Å². The summed E-state index contributed by atoms with van der Waals surface area (Å²) in [5.41, 5.74) is 7.56. The van der Waals surface area contributed by atoms with E-state index in [0.29, 0.717) is 41.8 Å². The Labute approximate surface area is 175 Å². The molecule has 0 aliphatic heterocycles. The first kappa shape index (κ1) is 21.7. The minimum absolute atomic E-state index is 0.126. The van der Waals surface area contributed by atoms with Gasteiger partial charge in [0.1, 0.15) is 17.2 Å². The maximum Gasteiger partial charge on any atom is 0.196 e. The van der Waals surface area contributed by atoms with Gasteiger partial charge < -0.3 is 15.5 Å². The smallest absolute Gasteiger partial charge is 0.196 e. The third-order valence-corrected chi connectivity index (χ3v) is 5.11. The molecule has 0 saturated carbocycles. The third kappa shape index (κ3) is 4.76. The van der Waals surface area contributed by atoms with Crippen LogP contribution in [0.3, 0.4) is 0 Å². The number of nitrogens with zero attached hydrogens (tertiary/aromatic N) is 1. The zero-order chi connectivity index (χ0) is 21.7. The van der Waals surface area contributed by atoms with E-state index in [2.05, 4.69) is 11.4 Å². The average molecular weight is 407 g/mol. The van der Waals surface area contributed by atoms with Gasteiger partial charge in [0.25, 0.3) is 0 Å². The largest absolute Gasteiger partial charge is 0.459 e. The first-order valence-corrected chi connectivity index (χ1v) is 10.1. The number of nitrogens with two attached hydrogens (primary N) is 1. The van der Waals surface area contributed by atoms with Crippen molar-refractivity contribution in [2.24, 2.45) is 11.7 Å². The van der Waals surface area contributed by atoms with Gasteiger partial charge in [-0.1, -0.05) is 26.0 Å². The van der Waals surface area contributed by atoms with Gasteiger partial charge in [-0.15, -0.1) is 0 Å². The first-order valence-electron chi connectivity index (χ1n) is 10.1. The van der Waals surface area contributed by atoms with Crippen LogP contribution in [0.1, 0.15) is 48.8 Å². The van der Waals surface area contributed by atoms with Crippen LogP contribution in [0.2, 0.25) is 0 Å². The van der Waals surface area contributed by atoms with Gasteiger partial charge in [0.2, 0.25) is 0 Å². The second kappa shape index (κ2) is 9.66. The van der Waals surface area contributed by atoms with Gasteiger partial charge in [0, 0.05) is 18.1 Å². The number of hydrogen-bond acceptors (Lipinski definition) is 5. The number of hydrogen-bond donors (Lipinski definition) is 2. The average Bonchev–Trinajstić information content (AvgIpc) is 2.73. The highest BCUT2D eigenvalue weighted by Crippen LogP contribution is 2.28. The lowest BCUT2D eigenvalue weighted by Crippen LogP contribution is -2.30. The van der Waals surface area contributed by atoms with E-state index in [0.717, 1.165) is 12.0 Å². The van der Waals surface area contributed by atoms with E-state index in [1.807, 2.05) is 19.9 Å². The molecule has 0 fully saturated rings. The topological polar surface area (TPSA) is 92.0 Å². The molecule has 0 aliphatic rings. The maximum absolute atomic E-state index is 13.8. The molecule has 0 amide bonds. The molecule has 0 saturated heterocycles. The fourth-order valence-electron chi connectivity index (χ4n) is 3.59. The zero-order valence-electron chi connectivity index (χ0n) is 17.2.